The number of fused-ring (bicyclic) bond motifs is 1. The molecule has 0 amide bonds. The van der Waals surface area contributed by atoms with Crippen molar-refractivity contribution >= 4 is 54.0 Å². The van der Waals surface area contributed by atoms with Gasteiger partial charge in [-0.1, -0.05) is 28.1 Å². The maximum absolute atomic E-state index is 11.9. The minimum absolute atomic E-state index is 0.0498. The van der Waals surface area contributed by atoms with E-state index in [1.54, 1.807) is 12.1 Å². The van der Waals surface area contributed by atoms with E-state index in [0.717, 1.165) is 32.9 Å². The van der Waals surface area contributed by atoms with Gasteiger partial charge in [-0.25, -0.2) is 18.4 Å². The number of hydrogen-bond donors (Lipinski definition) is 1. The van der Waals surface area contributed by atoms with Crippen LogP contribution in [-0.4, -0.2) is 36.2 Å². The van der Waals surface area contributed by atoms with E-state index in [0.29, 0.717) is 5.82 Å². The zero-order chi connectivity index (χ0) is 18.7. The van der Waals surface area contributed by atoms with Crippen molar-refractivity contribution in [3.05, 3.63) is 58.8 Å². The fourth-order valence-electron chi connectivity index (χ4n) is 2.59. The van der Waals surface area contributed by atoms with Gasteiger partial charge in [0, 0.05) is 28.2 Å². The average Bonchev–Trinajstić information content (AvgIpc) is 2.53. The van der Waals surface area contributed by atoms with Gasteiger partial charge in [0.05, 0.1) is 5.52 Å². The number of aromatic nitrogens is 2. The second-order valence-electron chi connectivity index (χ2n) is 5.99. The SMILES string of the molecule is CS(=O)(=O)CC(=O)Cc1ccc2ncnc(Nc3cccc(Br)c3)c2c1. The molecule has 1 aromatic heterocycles. The Bertz CT molecular complexity index is 1080. The molecule has 0 spiro atoms. The molecule has 0 aliphatic rings. The van der Waals surface area contributed by atoms with Crippen LogP contribution in [0.2, 0.25) is 0 Å². The maximum Gasteiger partial charge on any atom is 0.154 e. The van der Waals surface area contributed by atoms with Gasteiger partial charge in [-0.15, -0.1) is 0 Å². The Morgan fingerprint density at radius 2 is 1.96 bits per heavy atom. The average molecular weight is 434 g/mol. The zero-order valence-electron chi connectivity index (χ0n) is 13.9. The van der Waals surface area contributed by atoms with E-state index in [2.05, 4.69) is 31.2 Å². The second-order valence-corrected chi connectivity index (χ2v) is 9.05. The lowest BCUT2D eigenvalue weighted by atomic mass is 10.1. The summed E-state index contributed by atoms with van der Waals surface area (Å²) < 4.78 is 23.5. The molecular formula is C18H16BrN3O3S. The summed E-state index contributed by atoms with van der Waals surface area (Å²) in [4.78, 5) is 20.5. The molecule has 0 atom stereocenters. The van der Waals surface area contributed by atoms with E-state index in [1.807, 2.05) is 30.3 Å². The summed E-state index contributed by atoms with van der Waals surface area (Å²) in [7, 11) is -3.33. The zero-order valence-corrected chi connectivity index (χ0v) is 16.3. The molecule has 0 saturated heterocycles. The van der Waals surface area contributed by atoms with Crippen LogP contribution < -0.4 is 5.32 Å². The third-order valence-electron chi connectivity index (χ3n) is 3.61. The third-order valence-corrected chi connectivity index (χ3v) is 4.95. The number of sulfone groups is 1. The van der Waals surface area contributed by atoms with Crippen molar-refractivity contribution in [2.24, 2.45) is 0 Å². The Hall–Kier alpha value is -2.32. The highest BCUT2D eigenvalue weighted by Crippen LogP contribution is 2.25. The van der Waals surface area contributed by atoms with Crippen LogP contribution in [0.4, 0.5) is 11.5 Å². The van der Waals surface area contributed by atoms with Crippen LogP contribution in [0, 0.1) is 0 Å². The molecule has 0 radical (unpaired) electrons. The predicted octanol–water partition coefficient (Wildman–Crippen LogP) is 3.29. The van der Waals surface area contributed by atoms with Crippen molar-refractivity contribution < 1.29 is 13.2 Å². The highest BCUT2D eigenvalue weighted by Gasteiger charge is 2.13. The van der Waals surface area contributed by atoms with E-state index in [4.69, 9.17) is 0 Å². The number of carbonyl (C=O) groups is 1. The lowest BCUT2D eigenvalue weighted by molar-refractivity contribution is -0.116. The first-order chi connectivity index (χ1) is 12.3. The minimum Gasteiger partial charge on any atom is -0.340 e. The fraction of sp³-hybridized carbons (Fsp3) is 0.167. The lowest BCUT2D eigenvalue weighted by Gasteiger charge is -2.10. The van der Waals surface area contributed by atoms with Crippen LogP contribution >= 0.6 is 15.9 Å². The van der Waals surface area contributed by atoms with Crippen molar-refractivity contribution in [1.82, 2.24) is 9.97 Å². The first-order valence-corrected chi connectivity index (χ1v) is 10.6. The monoisotopic (exact) mass is 433 g/mol. The second kappa shape index (κ2) is 7.51. The predicted molar refractivity (Wildman–Crippen MR) is 105 cm³/mol. The third kappa shape index (κ3) is 4.86. The summed E-state index contributed by atoms with van der Waals surface area (Å²) in [5.41, 5.74) is 2.31. The highest BCUT2D eigenvalue weighted by atomic mass is 79.9. The number of Topliss-reactive ketones (excluding diaryl/α,β-unsaturated/α-hetero) is 1. The van der Waals surface area contributed by atoms with E-state index in [-0.39, 0.29) is 12.2 Å². The number of benzene rings is 2. The number of rotatable bonds is 6. The van der Waals surface area contributed by atoms with Crippen LogP contribution in [0.25, 0.3) is 10.9 Å². The lowest BCUT2D eigenvalue weighted by Crippen LogP contribution is -2.16. The Labute approximate surface area is 159 Å². The quantitative estimate of drug-likeness (QED) is 0.641. The summed E-state index contributed by atoms with van der Waals surface area (Å²) in [5, 5.41) is 4.01. The van der Waals surface area contributed by atoms with Crippen molar-refractivity contribution in [2.45, 2.75) is 6.42 Å². The van der Waals surface area contributed by atoms with E-state index >= 15 is 0 Å². The van der Waals surface area contributed by atoms with Crippen molar-refractivity contribution in [1.29, 1.82) is 0 Å². The van der Waals surface area contributed by atoms with E-state index in [1.165, 1.54) is 6.33 Å². The first kappa shape index (κ1) is 18.5. The minimum atomic E-state index is -3.33. The summed E-state index contributed by atoms with van der Waals surface area (Å²) in [6, 6.07) is 13.1. The summed E-state index contributed by atoms with van der Waals surface area (Å²) in [6.07, 6.45) is 2.57. The van der Waals surface area contributed by atoms with Gasteiger partial charge in [0.2, 0.25) is 0 Å². The number of hydrogen-bond acceptors (Lipinski definition) is 6. The number of nitrogens with one attached hydrogen (secondary N) is 1. The molecule has 1 N–H and O–H groups in total. The van der Waals surface area contributed by atoms with E-state index in [9.17, 15) is 13.2 Å². The molecule has 0 saturated carbocycles. The van der Waals surface area contributed by atoms with Crippen LogP contribution in [0.5, 0.6) is 0 Å². The van der Waals surface area contributed by atoms with Gasteiger partial charge in [-0.3, -0.25) is 4.79 Å². The summed E-state index contributed by atoms with van der Waals surface area (Å²) in [6.45, 7) is 0. The Morgan fingerprint density at radius 3 is 2.69 bits per heavy atom. The first-order valence-electron chi connectivity index (χ1n) is 7.76. The summed E-state index contributed by atoms with van der Waals surface area (Å²) in [5.74, 6) is -0.185. The smallest absolute Gasteiger partial charge is 0.154 e. The Morgan fingerprint density at radius 1 is 1.15 bits per heavy atom. The molecule has 26 heavy (non-hydrogen) atoms. The van der Waals surface area contributed by atoms with Gasteiger partial charge in [0.1, 0.15) is 17.9 Å². The van der Waals surface area contributed by atoms with Gasteiger partial charge in [0.25, 0.3) is 0 Å². The van der Waals surface area contributed by atoms with E-state index < -0.39 is 15.6 Å². The number of ketones is 1. The summed E-state index contributed by atoms with van der Waals surface area (Å²) >= 11 is 3.43. The molecule has 3 aromatic rings. The molecule has 6 nitrogen and oxygen atoms in total. The molecule has 8 heteroatoms. The molecule has 0 aliphatic heterocycles. The fourth-order valence-corrected chi connectivity index (χ4v) is 3.67. The van der Waals surface area contributed by atoms with Gasteiger partial charge < -0.3 is 5.32 Å². The largest absolute Gasteiger partial charge is 0.340 e. The van der Waals surface area contributed by atoms with Gasteiger partial charge >= 0.3 is 0 Å². The molecule has 1 heterocycles. The van der Waals surface area contributed by atoms with Gasteiger partial charge in [-0.2, -0.15) is 0 Å². The molecule has 0 unspecified atom stereocenters. The normalized spacial score (nSPS) is 11.5. The van der Waals surface area contributed by atoms with Crippen molar-refractivity contribution in [3.8, 4) is 0 Å². The van der Waals surface area contributed by atoms with Crippen LogP contribution in [0.3, 0.4) is 0 Å². The van der Waals surface area contributed by atoms with Gasteiger partial charge in [-0.05, 0) is 35.9 Å². The molecule has 3 rings (SSSR count). The number of carbonyl (C=O) groups excluding carboxylic acids is 1. The highest BCUT2D eigenvalue weighted by molar-refractivity contribution is 9.10. The maximum atomic E-state index is 11.9. The van der Waals surface area contributed by atoms with Crippen LogP contribution in [0.1, 0.15) is 5.56 Å². The van der Waals surface area contributed by atoms with Crippen molar-refractivity contribution in [2.75, 3.05) is 17.3 Å². The molecule has 2 aromatic carbocycles. The molecular weight excluding hydrogens is 418 g/mol. The Balaban J connectivity index is 1.91. The number of halogens is 1. The number of anilines is 2. The van der Waals surface area contributed by atoms with Gasteiger partial charge in [0.15, 0.2) is 15.6 Å². The van der Waals surface area contributed by atoms with Crippen LogP contribution in [0.15, 0.2) is 53.3 Å². The molecule has 0 bridgehead atoms. The molecule has 0 fully saturated rings. The molecule has 134 valence electrons. The van der Waals surface area contributed by atoms with Crippen LogP contribution in [-0.2, 0) is 21.1 Å². The van der Waals surface area contributed by atoms with Crippen molar-refractivity contribution in [3.63, 3.8) is 0 Å². The topological polar surface area (TPSA) is 89.0 Å². The standard InChI is InChI=1S/C18H16BrN3O3S/c1-26(24,25)10-15(23)7-12-5-6-17-16(8-12)18(21-11-20-17)22-14-4-2-3-13(19)9-14/h2-6,8-9,11H,7,10H2,1H3,(H,20,21,22). The number of nitrogens with zero attached hydrogens (tertiary/aromatic N) is 2. The molecule has 0 aliphatic carbocycles. The Kier molecular flexibility index (Phi) is 5.33.